The van der Waals surface area contributed by atoms with E-state index < -0.39 is 0 Å². The second-order valence-corrected chi connectivity index (χ2v) is 4.29. The van der Waals surface area contributed by atoms with Gasteiger partial charge in [0.2, 0.25) is 5.91 Å². The summed E-state index contributed by atoms with van der Waals surface area (Å²) in [7, 11) is 1.89. The SMILES string of the molecule is CSCC(=O)N(CCO)Cc1nccn1C. The predicted octanol–water partition coefficient (Wildman–Crippen LogP) is 0.104. The number of carbonyl (C=O) groups is 1. The van der Waals surface area contributed by atoms with Gasteiger partial charge in [0.25, 0.3) is 0 Å². The van der Waals surface area contributed by atoms with Gasteiger partial charge in [0, 0.05) is 26.0 Å². The Morgan fingerprint density at radius 2 is 2.44 bits per heavy atom. The van der Waals surface area contributed by atoms with Crippen LogP contribution < -0.4 is 0 Å². The summed E-state index contributed by atoms with van der Waals surface area (Å²) >= 11 is 1.48. The minimum Gasteiger partial charge on any atom is -0.395 e. The fourth-order valence-corrected chi connectivity index (χ4v) is 1.78. The highest BCUT2D eigenvalue weighted by Crippen LogP contribution is 2.04. The van der Waals surface area contributed by atoms with Crippen molar-refractivity contribution in [1.82, 2.24) is 14.5 Å². The summed E-state index contributed by atoms with van der Waals surface area (Å²) in [6, 6.07) is 0. The highest BCUT2D eigenvalue weighted by molar-refractivity contribution is 7.99. The summed E-state index contributed by atoms with van der Waals surface area (Å²) in [6.45, 7) is 0.778. The summed E-state index contributed by atoms with van der Waals surface area (Å²) in [5, 5.41) is 8.92. The Balaban J connectivity index is 2.64. The Bertz CT molecular complexity index is 341. The summed E-state index contributed by atoms with van der Waals surface area (Å²) in [5.41, 5.74) is 0. The molecule has 0 atom stereocenters. The molecule has 0 bridgehead atoms. The van der Waals surface area contributed by atoms with E-state index in [0.717, 1.165) is 5.82 Å². The zero-order valence-corrected chi connectivity index (χ0v) is 10.4. The molecule has 1 amide bonds. The molecule has 1 rings (SSSR count). The molecule has 0 saturated heterocycles. The first-order chi connectivity index (χ1) is 7.69. The van der Waals surface area contributed by atoms with Crippen LogP contribution in [0, 0.1) is 0 Å². The van der Waals surface area contributed by atoms with E-state index in [2.05, 4.69) is 4.98 Å². The fourth-order valence-electron chi connectivity index (χ4n) is 1.35. The molecular formula is C10H17N3O2S. The molecule has 90 valence electrons. The molecule has 1 aromatic heterocycles. The van der Waals surface area contributed by atoms with Crippen LogP contribution in [0.3, 0.4) is 0 Å². The van der Waals surface area contributed by atoms with E-state index in [1.807, 2.05) is 24.1 Å². The van der Waals surface area contributed by atoms with E-state index in [1.165, 1.54) is 11.8 Å². The van der Waals surface area contributed by atoms with Crippen molar-refractivity contribution >= 4 is 17.7 Å². The molecular weight excluding hydrogens is 226 g/mol. The van der Waals surface area contributed by atoms with Gasteiger partial charge in [-0.25, -0.2) is 4.98 Å². The van der Waals surface area contributed by atoms with Gasteiger partial charge < -0.3 is 14.6 Å². The van der Waals surface area contributed by atoms with E-state index >= 15 is 0 Å². The molecule has 16 heavy (non-hydrogen) atoms. The third kappa shape index (κ3) is 3.53. The summed E-state index contributed by atoms with van der Waals surface area (Å²) in [6.07, 6.45) is 5.42. The van der Waals surface area contributed by atoms with E-state index in [1.54, 1.807) is 11.1 Å². The second kappa shape index (κ2) is 6.55. The second-order valence-electron chi connectivity index (χ2n) is 3.43. The van der Waals surface area contributed by atoms with Crippen molar-refractivity contribution < 1.29 is 9.90 Å². The van der Waals surface area contributed by atoms with Crippen LogP contribution in [0.4, 0.5) is 0 Å². The van der Waals surface area contributed by atoms with Gasteiger partial charge in [0.05, 0.1) is 18.9 Å². The number of aliphatic hydroxyl groups is 1. The van der Waals surface area contributed by atoms with E-state index in [9.17, 15) is 4.79 Å². The molecule has 0 aromatic carbocycles. The van der Waals surface area contributed by atoms with Crippen LogP contribution in [0.5, 0.6) is 0 Å². The maximum atomic E-state index is 11.7. The van der Waals surface area contributed by atoms with Crippen molar-refractivity contribution in [3.8, 4) is 0 Å². The molecule has 6 heteroatoms. The number of aliphatic hydroxyl groups excluding tert-OH is 1. The van der Waals surface area contributed by atoms with Crippen LogP contribution in [0.1, 0.15) is 5.82 Å². The number of nitrogens with zero attached hydrogens (tertiary/aromatic N) is 3. The molecule has 0 fully saturated rings. The van der Waals surface area contributed by atoms with Crippen LogP contribution in [-0.4, -0.2) is 50.6 Å². The number of thioether (sulfide) groups is 1. The van der Waals surface area contributed by atoms with Crippen LogP contribution in [0.2, 0.25) is 0 Å². The van der Waals surface area contributed by atoms with Gasteiger partial charge in [0.1, 0.15) is 5.82 Å². The van der Waals surface area contributed by atoms with Crippen molar-refractivity contribution in [1.29, 1.82) is 0 Å². The zero-order chi connectivity index (χ0) is 12.0. The number of aryl methyl sites for hydroxylation is 1. The van der Waals surface area contributed by atoms with Gasteiger partial charge in [-0.2, -0.15) is 11.8 Å². The lowest BCUT2D eigenvalue weighted by atomic mass is 10.4. The molecule has 0 aliphatic carbocycles. The van der Waals surface area contributed by atoms with Crippen molar-refractivity contribution in [2.24, 2.45) is 7.05 Å². The highest BCUT2D eigenvalue weighted by atomic mass is 32.2. The summed E-state index contributed by atoms with van der Waals surface area (Å²) < 4.78 is 1.87. The predicted molar refractivity (Wildman–Crippen MR) is 64.1 cm³/mol. The number of hydrogen-bond donors (Lipinski definition) is 1. The number of rotatable bonds is 6. The van der Waals surface area contributed by atoms with Crippen LogP contribution >= 0.6 is 11.8 Å². The average Bonchev–Trinajstić information content (AvgIpc) is 2.64. The van der Waals surface area contributed by atoms with Gasteiger partial charge in [-0.15, -0.1) is 0 Å². The molecule has 1 heterocycles. The Labute approximate surface area is 99.5 Å². The normalized spacial score (nSPS) is 10.4. The molecule has 0 aliphatic rings. The maximum absolute atomic E-state index is 11.7. The number of amides is 1. The Morgan fingerprint density at radius 3 is 2.94 bits per heavy atom. The molecule has 1 aromatic rings. The van der Waals surface area contributed by atoms with Gasteiger partial charge in [-0.05, 0) is 6.26 Å². The quantitative estimate of drug-likeness (QED) is 0.770. The van der Waals surface area contributed by atoms with Crippen LogP contribution in [0.15, 0.2) is 12.4 Å². The van der Waals surface area contributed by atoms with Crippen molar-refractivity contribution in [2.75, 3.05) is 25.2 Å². The smallest absolute Gasteiger partial charge is 0.233 e. The van der Waals surface area contributed by atoms with Gasteiger partial charge in [-0.1, -0.05) is 0 Å². The maximum Gasteiger partial charge on any atom is 0.233 e. The first kappa shape index (κ1) is 13.1. The third-order valence-electron chi connectivity index (χ3n) is 2.24. The lowest BCUT2D eigenvalue weighted by Crippen LogP contribution is -2.35. The number of carbonyl (C=O) groups excluding carboxylic acids is 1. The van der Waals surface area contributed by atoms with Crippen molar-refractivity contribution in [3.05, 3.63) is 18.2 Å². The summed E-state index contributed by atoms with van der Waals surface area (Å²) in [5.74, 6) is 1.29. The van der Waals surface area contributed by atoms with E-state index in [-0.39, 0.29) is 12.5 Å². The molecule has 0 aliphatic heterocycles. The number of aromatic nitrogens is 2. The van der Waals surface area contributed by atoms with Gasteiger partial charge >= 0.3 is 0 Å². The van der Waals surface area contributed by atoms with E-state index in [0.29, 0.717) is 18.8 Å². The van der Waals surface area contributed by atoms with E-state index in [4.69, 9.17) is 5.11 Å². The topological polar surface area (TPSA) is 58.4 Å². The zero-order valence-electron chi connectivity index (χ0n) is 9.59. The van der Waals surface area contributed by atoms with Gasteiger partial charge in [-0.3, -0.25) is 4.79 Å². The first-order valence-corrected chi connectivity index (χ1v) is 6.42. The molecule has 0 unspecified atom stereocenters. The minimum atomic E-state index is -0.0233. The lowest BCUT2D eigenvalue weighted by Gasteiger charge is -2.20. The molecule has 0 spiro atoms. The molecule has 1 N–H and O–H groups in total. The Kier molecular flexibility index (Phi) is 5.34. The third-order valence-corrected chi connectivity index (χ3v) is 2.78. The molecule has 5 nitrogen and oxygen atoms in total. The summed E-state index contributed by atoms with van der Waals surface area (Å²) in [4.78, 5) is 17.5. The van der Waals surface area contributed by atoms with Crippen LogP contribution in [-0.2, 0) is 18.4 Å². The Hall–Kier alpha value is -1.01. The standard InChI is InChI=1S/C10H17N3O2S/c1-12-4-3-11-9(12)7-13(5-6-14)10(15)8-16-2/h3-4,14H,5-8H2,1-2H3. The van der Waals surface area contributed by atoms with Crippen molar-refractivity contribution in [2.45, 2.75) is 6.54 Å². The highest BCUT2D eigenvalue weighted by Gasteiger charge is 2.14. The van der Waals surface area contributed by atoms with Crippen LogP contribution in [0.25, 0.3) is 0 Å². The van der Waals surface area contributed by atoms with Crippen molar-refractivity contribution in [3.63, 3.8) is 0 Å². The number of imidazole rings is 1. The molecule has 0 radical (unpaired) electrons. The lowest BCUT2D eigenvalue weighted by molar-refractivity contribution is -0.129. The van der Waals surface area contributed by atoms with Gasteiger partial charge in [0.15, 0.2) is 0 Å². The monoisotopic (exact) mass is 243 g/mol. The largest absolute Gasteiger partial charge is 0.395 e. The number of hydrogen-bond acceptors (Lipinski definition) is 4. The minimum absolute atomic E-state index is 0.0233. The first-order valence-electron chi connectivity index (χ1n) is 5.02. The Morgan fingerprint density at radius 1 is 1.69 bits per heavy atom. The fraction of sp³-hybridized carbons (Fsp3) is 0.600. The molecule has 0 saturated carbocycles. The average molecular weight is 243 g/mol.